The van der Waals surface area contributed by atoms with Gasteiger partial charge in [-0.3, -0.25) is 25.0 Å². The Morgan fingerprint density at radius 3 is 2.35 bits per heavy atom. The molecule has 3 amide bonds. The third-order valence-electron chi connectivity index (χ3n) is 6.09. The number of thioether (sulfide) groups is 1. The van der Waals surface area contributed by atoms with Crippen molar-refractivity contribution in [3.63, 3.8) is 0 Å². The van der Waals surface area contributed by atoms with Crippen molar-refractivity contribution in [2.45, 2.75) is 83.0 Å². The Morgan fingerprint density at radius 1 is 1.00 bits per heavy atom. The van der Waals surface area contributed by atoms with Gasteiger partial charge in [0.05, 0.1) is 0 Å². The zero-order chi connectivity index (χ0) is 22.9. The van der Waals surface area contributed by atoms with E-state index in [0.29, 0.717) is 43.4 Å². The predicted octanol–water partition coefficient (Wildman–Crippen LogP) is 0.0430. The van der Waals surface area contributed by atoms with Gasteiger partial charge in [0.1, 0.15) is 0 Å². The Morgan fingerprint density at radius 2 is 1.68 bits per heavy atom. The summed E-state index contributed by atoms with van der Waals surface area (Å²) in [6, 6.07) is 0.645. The Hall–Kier alpha value is -1.36. The van der Waals surface area contributed by atoms with Gasteiger partial charge in [0.15, 0.2) is 6.35 Å². The molecule has 2 heterocycles. The van der Waals surface area contributed by atoms with Gasteiger partial charge in [0.2, 0.25) is 17.7 Å². The first-order chi connectivity index (χ1) is 14.7. The lowest BCUT2D eigenvalue weighted by Gasteiger charge is -2.21. The Bertz CT molecular complexity index is 619. The second-order valence-electron chi connectivity index (χ2n) is 8.93. The predicted molar refractivity (Wildman–Crippen MR) is 122 cm³/mol. The highest BCUT2D eigenvalue weighted by molar-refractivity contribution is 8.00. The molecule has 178 valence electrons. The van der Waals surface area contributed by atoms with Crippen LogP contribution in [0, 0.1) is 5.41 Å². The van der Waals surface area contributed by atoms with Crippen molar-refractivity contribution < 1.29 is 19.5 Å². The summed E-state index contributed by atoms with van der Waals surface area (Å²) < 4.78 is 0. The van der Waals surface area contributed by atoms with E-state index in [0.717, 1.165) is 31.4 Å². The number of rotatable bonds is 13. The van der Waals surface area contributed by atoms with Crippen molar-refractivity contribution in [3.05, 3.63) is 0 Å². The Labute approximate surface area is 189 Å². The zero-order valence-electron chi connectivity index (χ0n) is 19.0. The highest BCUT2D eigenvalue weighted by Crippen LogP contribution is 2.33. The van der Waals surface area contributed by atoms with Gasteiger partial charge in [-0.1, -0.05) is 27.2 Å². The number of unbranched alkanes of at least 4 members (excludes halogenated alkanes) is 1. The van der Waals surface area contributed by atoms with Crippen molar-refractivity contribution in [2.24, 2.45) is 5.41 Å². The molecule has 2 aliphatic heterocycles. The van der Waals surface area contributed by atoms with Gasteiger partial charge < -0.3 is 21.1 Å². The van der Waals surface area contributed by atoms with E-state index in [-0.39, 0.29) is 24.1 Å². The fourth-order valence-electron chi connectivity index (χ4n) is 3.67. The van der Waals surface area contributed by atoms with Gasteiger partial charge in [0.25, 0.3) is 0 Å². The number of nitrogens with one attached hydrogen (secondary N) is 5. The summed E-state index contributed by atoms with van der Waals surface area (Å²) in [6.45, 7) is 6.80. The highest BCUT2D eigenvalue weighted by atomic mass is 32.2. The van der Waals surface area contributed by atoms with Crippen LogP contribution in [0.3, 0.4) is 0 Å². The number of fused-ring (bicyclic) bond motifs is 1. The van der Waals surface area contributed by atoms with E-state index >= 15 is 0 Å². The smallest absolute Gasteiger partial charge is 0.225 e. The summed E-state index contributed by atoms with van der Waals surface area (Å²) in [5.74, 6) is 0.817. The number of carbonyl (C=O) groups excluding carboxylic acids is 3. The van der Waals surface area contributed by atoms with Crippen LogP contribution in [0.25, 0.3) is 0 Å². The summed E-state index contributed by atoms with van der Waals surface area (Å²) in [5.41, 5.74) is -0.424. The maximum absolute atomic E-state index is 11.9. The first-order valence-electron chi connectivity index (χ1n) is 11.4. The molecule has 6 N–H and O–H groups in total. The lowest BCUT2D eigenvalue weighted by molar-refractivity contribution is -0.129. The molecule has 0 bridgehead atoms. The second-order valence-corrected chi connectivity index (χ2v) is 10.2. The molecule has 2 saturated heterocycles. The number of aliphatic hydroxyl groups is 1. The van der Waals surface area contributed by atoms with E-state index in [1.165, 1.54) is 0 Å². The van der Waals surface area contributed by atoms with Crippen LogP contribution in [-0.2, 0) is 14.4 Å². The van der Waals surface area contributed by atoms with Crippen LogP contribution < -0.4 is 26.6 Å². The van der Waals surface area contributed by atoms with Crippen molar-refractivity contribution in [3.8, 4) is 0 Å². The number of hydrogen-bond donors (Lipinski definition) is 6. The first-order valence-corrected chi connectivity index (χ1v) is 12.4. The second kappa shape index (κ2) is 12.6. The molecule has 0 aromatic heterocycles. The molecule has 1 unspecified atom stereocenters. The third-order valence-corrected chi connectivity index (χ3v) is 7.60. The SMILES string of the molecule is CCC(C)(C)C(=O)NCCC(=O)NCCNC(=O)CCCC[C@@H]1SC[C@@H]2NC(O)N[C@@H]21. The number of hydrogen-bond acceptors (Lipinski definition) is 7. The van der Waals surface area contributed by atoms with Gasteiger partial charge in [-0.05, 0) is 19.3 Å². The third kappa shape index (κ3) is 8.59. The number of carbonyl (C=O) groups is 3. The highest BCUT2D eigenvalue weighted by Gasteiger charge is 2.42. The van der Waals surface area contributed by atoms with Crippen LogP contribution in [-0.4, -0.2) is 71.9 Å². The topological polar surface area (TPSA) is 132 Å². The summed E-state index contributed by atoms with van der Waals surface area (Å²) >= 11 is 1.92. The molecule has 0 radical (unpaired) electrons. The van der Waals surface area contributed by atoms with Crippen molar-refractivity contribution in [1.82, 2.24) is 26.6 Å². The van der Waals surface area contributed by atoms with E-state index in [4.69, 9.17) is 0 Å². The molecule has 9 nitrogen and oxygen atoms in total. The van der Waals surface area contributed by atoms with Crippen molar-refractivity contribution >= 4 is 29.5 Å². The maximum Gasteiger partial charge on any atom is 0.225 e. The minimum absolute atomic E-state index is 0.00339. The Balaban J connectivity index is 1.44. The lowest BCUT2D eigenvalue weighted by Crippen LogP contribution is -2.39. The Kier molecular flexibility index (Phi) is 10.5. The lowest BCUT2D eigenvalue weighted by atomic mass is 9.89. The normalized spacial score (nSPS) is 25.2. The van der Waals surface area contributed by atoms with Crippen LogP contribution in [0.1, 0.15) is 59.3 Å². The monoisotopic (exact) mass is 457 g/mol. The van der Waals surface area contributed by atoms with Crippen molar-refractivity contribution in [2.75, 3.05) is 25.4 Å². The van der Waals surface area contributed by atoms with E-state index in [2.05, 4.69) is 26.6 Å². The standard InChI is InChI=1S/C21H39N5O4S/c1-4-21(2,3)19(29)24-10-9-17(28)23-12-11-22-16(27)8-6-5-7-15-18-14(13-31-15)25-20(30)26-18/h14-15,18,20,25-26,30H,4-13H2,1-3H3,(H,22,27)(H,23,28)(H,24,29)/t14-,15-,18-,20?/m0/s1. The molecular weight excluding hydrogens is 418 g/mol. The molecule has 0 aromatic rings. The molecular formula is C21H39N5O4S. The quantitative estimate of drug-likeness (QED) is 0.215. The van der Waals surface area contributed by atoms with Crippen LogP contribution in [0.2, 0.25) is 0 Å². The fourth-order valence-corrected chi connectivity index (χ4v) is 5.23. The largest absolute Gasteiger partial charge is 0.365 e. The molecule has 2 aliphatic rings. The summed E-state index contributed by atoms with van der Waals surface area (Å²) in [6.07, 6.45) is 3.68. The molecule has 0 aromatic carbocycles. The van der Waals surface area contributed by atoms with E-state index in [1.54, 1.807) is 0 Å². The van der Waals surface area contributed by atoms with Crippen LogP contribution in [0.15, 0.2) is 0 Å². The molecule has 4 atom stereocenters. The minimum Gasteiger partial charge on any atom is -0.365 e. The summed E-state index contributed by atoms with van der Waals surface area (Å²) in [5, 5.41) is 24.8. The fraction of sp³-hybridized carbons (Fsp3) is 0.857. The average Bonchev–Trinajstić information content (AvgIpc) is 3.27. The molecule has 10 heteroatoms. The maximum atomic E-state index is 11.9. The number of aliphatic hydroxyl groups excluding tert-OH is 1. The molecule has 31 heavy (non-hydrogen) atoms. The van der Waals surface area contributed by atoms with Crippen LogP contribution in [0.5, 0.6) is 0 Å². The minimum atomic E-state index is -0.600. The van der Waals surface area contributed by atoms with Gasteiger partial charge in [-0.2, -0.15) is 11.8 Å². The molecule has 2 rings (SSSR count). The molecule has 2 fully saturated rings. The van der Waals surface area contributed by atoms with Crippen LogP contribution >= 0.6 is 11.8 Å². The zero-order valence-corrected chi connectivity index (χ0v) is 19.8. The summed E-state index contributed by atoms with van der Waals surface area (Å²) in [7, 11) is 0. The average molecular weight is 458 g/mol. The molecule has 0 aliphatic carbocycles. The van der Waals surface area contributed by atoms with Crippen LogP contribution in [0.4, 0.5) is 0 Å². The summed E-state index contributed by atoms with van der Waals surface area (Å²) in [4.78, 5) is 35.7. The van der Waals surface area contributed by atoms with E-state index < -0.39 is 11.8 Å². The van der Waals surface area contributed by atoms with Gasteiger partial charge in [-0.25, -0.2) is 0 Å². The van der Waals surface area contributed by atoms with Crippen molar-refractivity contribution in [1.29, 1.82) is 0 Å². The van der Waals surface area contributed by atoms with Gasteiger partial charge in [-0.15, -0.1) is 0 Å². The van der Waals surface area contributed by atoms with E-state index in [1.807, 2.05) is 32.5 Å². The van der Waals surface area contributed by atoms with Gasteiger partial charge >= 0.3 is 0 Å². The number of amides is 3. The molecule has 0 saturated carbocycles. The molecule has 0 spiro atoms. The van der Waals surface area contributed by atoms with Gasteiger partial charge in [0, 0.05) is 61.0 Å². The first kappa shape index (κ1) is 25.9. The van der Waals surface area contributed by atoms with E-state index in [9.17, 15) is 19.5 Å².